The molecule has 1 unspecified atom stereocenters. The second-order valence-electron chi connectivity index (χ2n) is 17.8. The highest BCUT2D eigenvalue weighted by Crippen LogP contribution is 2.31. The standard InChI is InChI=1S/C38H65N3O31/c39-41-40-1-2-61-33-27(55)22(50)16(44)10(68-33)4-63-35-29(57)24(52)18(46)12(70-35)6-65-37-31(59)26(54)20(48)14(72-37)8-66-38-32(60)25(53)19(47)13(71-38)7-64-36-30(58)23(51)17(45)11(69-36)5-62-34-28(56)21(49)15(43)9(3-42)67-34/h9-38,42-60H,1-8H2/t9-,10-,11-,12-,13-,14-,15-,16-,17-,18-,19-,20-,21+,22+,23+,24+,25+,26+,27-,28-,29-,30-,31-,32-,33?,34-,35-,36-,37-,38-/m1/s1. The molecule has 30 atom stereocenters. The summed E-state index contributed by atoms with van der Waals surface area (Å²) < 4.78 is 65.8. The minimum absolute atomic E-state index is 0.168. The van der Waals surface area contributed by atoms with E-state index in [0.717, 1.165) is 0 Å². The van der Waals surface area contributed by atoms with E-state index in [2.05, 4.69) is 10.0 Å². The van der Waals surface area contributed by atoms with Crippen LogP contribution < -0.4 is 0 Å². The molecule has 6 saturated heterocycles. The molecular weight excluding hydrogens is 994 g/mol. The molecule has 34 heteroatoms. The topological polar surface area (TPSA) is 544 Å². The molecule has 418 valence electrons. The van der Waals surface area contributed by atoms with Crippen molar-refractivity contribution in [3.63, 3.8) is 0 Å². The van der Waals surface area contributed by atoms with Crippen molar-refractivity contribution < 1.29 is 154 Å². The van der Waals surface area contributed by atoms with Crippen LogP contribution in [0.2, 0.25) is 0 Å². The van der Waals surface area contributed by atoms with Crippen molar-refractivity contribution >= 4 is 0 Å². The average Bonchev–Trinajstić information content (AvgIpc) is 3.37. The number of rotatable bonds is 20. The average molecular weight is 1060 g/mol. The van der Waals surface area contributed by atoms with Crippen LogP contribution in [-0.4, -0.2) is 334 Å². The quantitative estimate of drug-likeness (QED) is 0.0233. The van der Waals surface area contributed by atoms with Gasteiger partial charge in [0.05, 0.1) is 46.2 Å². The Kier molecular flexibility index (Phi) is 21.8. The maximum atomic E-state index is 10.8. The lowest BCUT2D eigenvalue weighted by Gasteiger charge is -2.45. The van der Waals surface area contributed by atoms with Gasteiger partial charge in [0.25, 0.3) is 0 Å². The van der Waals surface area contributed by atoms with Gasteiger partial charge in [0.15, 0.2) is 37.7 Å². The van der Waals surface area contributed by atoms with Crippen molar-refractivity contribution in [3.05, 3.63) is 10.4 Å². The highest BCUT2D eigenvalue weighted by Gasteiger charge is 2.52. The zero-order valence-corrected chi connectivity index (χ0v) is 37.7. The minimum atomic E-state index is -2.02. The molecule has 0 spiro atoms. The summed E-state index contributed by atoms with van der Waals surface area (Å²) >= 11 is 0. The number of hydrogen-bond acceptors (Lipinski definition) is 32. The fraction of sp³-hybridized carbons (Fsp3) is 1.00. The number of hydrogen-bond donors (Lipinski definition) is 19. The van der Waals surface area contributed by atoms with Gasteiger partial charge in [-0.1, -0.05) is 5.11 Å². The lowest BCUT2D eigenvalue weighted by molar-refractivity contribution is -0.352. The summed E-state index contributed by atoms with van der Waals surface area (Å²) in [6, 6.07) is 0. The van der Waals surface area contributed by atoms with Gasteiger partial charge >= 0.3 is 0 Å². The summed E-state index contributed by atoms with van der Waals surface area (Å²) in [5.74, 6) is 0. The van der Waals surface area contributed by atoms with Gasteiger partial charge in [-0.15, -0.1) is 0 Å². The highest BCUT2D eigenvalue weighted by atomic mass is 16.8. The zero-order chi connectivity index (χ0) is 52.9. The number of aliphatic hydroxyl groups excluding tert-OH is 19. The molecule has 6 aliphatic rings. The first-order chi connectivity index (χ1) is 34.1. The van der Waals surface area contributed by atoms with Crippen molar-refractivity contribution in [1.82, 2.24) is 0 Å². The monoisotopic (exact) mass is 1060 g/mol. The van der Waals surface area contributed by atoms with E-state index in [4.69, 9.17) is 62.4 Å². The lowest BCUT2D eigenvalue weighted by atomic mass is 9.97. The summed E-state index contributed by atoms with van der Waals surface area (Å²) in [6.07, 6.45) is -53.9. The molecule has 0 bridgehead atoms. The molecule has 0 aromatic heterocycles. The number of azide groups is 1. The molecule has 0 radical (unpaired) electrons. The first-order valence-corrected chi connectivity index (χ1v) is 22.6. The van der Waals surface area contributed by atoms with Gasteiger partial charge in [0.1, 0.15) is 146 Å². The summed E-state index contributed by atoms with van der Waals surface area (Å²) in [6.45, 7) is -4.95. The summed E-state index contributed by atoms with van der Waals surface area (Å²) in [5.41, 5.74) is 8.44. The smallest absolute Gasteiger partial charge is 0.186 e. The first-order valence-electron chi connectivity index (χ1n) is 22.6. The fourth-order valence-corrected chi connectivity index (χ4v) is 8.37. The molecule has 0 aromatic rings. The van der Waals surface area contributed by atoms with Crippen molar-refractivity contribution in [3.8, 4) is 0 Å². The van der Waals surface area contributed by atoms with Crippen LogP contribution in [0.1, 0.15) is 0 Å². The molecule has 19 N–H and O–H groups in total. The van der Waals surface area contributed by atoms with Crippen LogP contribution in [0, 0.1) is 0 Å². The van der Waals surface area contributed by atoms with Gasteiger partial charge in [-0.3, -0.25) is 0 Å². The molecule has 34 nitrogen and oxygen atoms in total. The number of aliphatic hydroxyl groups is 19. The van der Waals surface area contributed by atoms with Crippen LogP contribution in [0.15, 0.2) is 5.11 Å². The van der Waals surface area contributed by atoms with E-state index in [1.807, 2.05) is 0 Å². The maximum absolute atomic E-state index is 10.8. The molecular formula is C38H65N3O31. The minimum Gasteiger partial charge on any atom is -0.394 e. The SMILES string of the molecule is [N-]=[N+]=NCCOC1O[C@H](CO[C@@H]2O[C@H](CO[C@@H]3O[C@H](CO[C@@H]4O[C@H](CO[C@@H]5O[C@H](CO[C@@H]6O[C@H](CO)[C@@H](O)[C@H](O)[C@H]6O)[C@@H](O)[C@H](O)[C@H]5O)[C@@H](O)[C@H](O)[C@H]4O)[C@@H](O)[C@H](O)[C@H]3O)[C@@H](O)[C@H](O)[C@H]2O)[C@@H](O)[C@H](O)[C@H]1O. The Hall–Kier alpha value is -1.93. The Morgan fingerprint density at radius 3 is 0.736 bits per heavy atom. The predicted octanol–water partition coefficient (Wildman–Crippen LogP) is -12.8. The second kappa shape index (κ2) is 26.4. The molecule has 0 saturated carbocycles. The van der Waals surface area contributed by atoms with Crippen LogP contribution in [0.4, 0.5) is 0 Å². The van der Waals surface area contributed by atoms with Gasteiger partial charge in [0.2, 0.25) is 0 Å². The third-order valence-electron chi connectivity index (χ3n) is 12.9. The number of ether oxygens (including phenoxy) is 12. The van der Waals surface area contributed by atoms with Gasteiger partial charge in [0, 0.05) is 11.5 Å². The largest absolute Gasteiger partial charge is 0.394 e. The molecule has 0 aliphatic carbocycles. The second-order valence-corrected chi connectivity index (χ2v) is 17.8. The van der Waals surface area contributed by atoms with Crippen LogP contribution in [0.3, 0.4) is 0 Å². The molecule has 6 aliphatic heterocycles. The van der Waals surface area contributed by atoms with E-state index in [0.29, 0.717) is 0 Å². The Morgan fingerprint density at radius 2 is 0.514 bits per heavy atom. The van der Waals surface area contributed by atoms with Crippen molar-refractivity contribution in [2.45, 2.75) is 184 Å². The highest BCUT2D eigenvalue weighted by molar-refractivity contribution is 4.96. The van der Waals surface area contributed by atoms with Crippen molar-refractivity contribution in [2.75, 3.05) is 52.8 Å². The van der Waals surface area contributed by atoms with E-state index in [-0.39, 0.29) is 13.2 Å². The Balaban J connectivity index is 1.01. The Labute approximate surface area is 406 Å². The zero-order valence-electron chi connectivity index (χ0n) is 37.7. The molecule has 6 rings (SSSR count). The van der Waals surface area contributed by atoms with E-state index in [1.54, 1.807) is 0 Å². The molecule has 6 fully saturated rings. The maximum Gasteiger partial charge on any atom is 0.186 e. The van der Waals surface area contributed by atoms with Crippen LogP contribution in [0.25, 0.3) is 10.4 Å². The third kappa shape index (κ3) is 13.4. The molecule has 72 heavy (non-hydrogen) atoms. The lowest BCUT2D eigenvalue weighted by Crippen LogP contribution is -2.63. The van der Waals surface area contributed by atoms with E-state index < -0.39 is 224 Å². The summed E-state index contributed by atoms with van der Waals surface area (Å²) in [4.78, 5) is 2.55. The Bertz CT molecular complexity index is 1700. The van der Waals surface area contributed by atoms with Crippen LogP contribution in [-0.2, 0) is 56.8 Å². The van der Waals surface area contributed by atoms with Crippen molar-refractivity contribution in [1.29, 1.82) is 0 Å². The molecule has 0 amide bonds. The van der Waals surface area contributed by atoms with E-state index >= 15 is 0 Å². The van der Waals surface area contributed by atoms with Crippen LogP contribution >= 0.6 is 0 Å². The number of nitrogens with zero attached hydrogens (tertiary/aromatic N) is 3. The van der Waals surface area contributed by atoms with Gasteiger partial charge in [-0.2, -0.15) is 0 Å². The van der Waals surface area contributed by atoms with Gasteiger partial charge < -0.3 is 154 Å². The predicted molar refractivity (Wildman–Crippen MR) is 217 cm³/mol. The fourth-order valence-electron chi connectivity index (χ4n) is 8.37. The summed E-state index contributed by atoms with van der Waals surface area (Å²) in [7, 11) is 0. The first kappa shape index (κ1) is 59.3. The van der Waals surface area contributed by atoms with E-state index in [1.165, 1.54) is 0 Å². The molecule has 6 heterocycles. The van der Waals surface area contributed by atoms with Crippen LogP contribution in [0.5, 0.6) is 0 Å². The van der Waals surface area contributed by atoms with Gasteiger partial charge in [-0.05, 0) is 5.53 Å². The normalized spacial score (nSPS) is 50.3. The summed E-state index contributed by atoms with van der Waals surface area (Å²) in [5, 5.41) is 202. The van der Waals surface area contributed by atoms with Gasteiger partial charge in [-0.25, -0.2) is 0 Å². The third-order valence-corrected chi connectivity index (χ3v) is 12.9. The van der Waals surface area contributed by atoms with Crippen molar-refractivity contribution in [2.24, 2.45) is 5.11 Å². The van der Waals surface area contributed by atoms with E-state index in [9.17, 15) is 97.0 Å². The Morgan fingerprint density at radius 1 is 0.306 bits per heavy atom. The molecule has 0 aromatic carbocycles.